The Morgan fingerprint density at radius 3 is 3.21 bits per heavy atom. The second kappa shape index (κ2) is 3.86. The minimum absolute atomic E-state index is 0.178. The molecule has 1 aliphatic heterocycles. The van der Waals surface area contributed by atoms with Crippen LogP contribution in [0.15, 0.2) is 12.3 Å². The van der Waals surface area contributed by atoms with Crippen molar-refractivity contribution in [2.75, 3.05) is 6.61 Å². The summed E-state index contributed by atoms with van der Waals surface area (Å²) in [6.07, 6.45) is 5.38. The van der Waals surface area contributed by atoms with Gasteiger partial charge in [-0.05, 0) is 32.3 Å². The van der Waals surface area contributed by atoms with E-state index >= 15 is 0 Å². The fourth-order valence-corrected chi connectivity index (χ4v) is 1.96. The minimum atomic E-state index is -0.178. The monoisotopic (exact) mass is 193 g/mol. The van der Waals surface area contributed by atoms with Gasteiger partial charge in [0.1, 0.15) is 0 Å². The molecule has 1 aliphatic rings. The quantitative estimate of drug-likeness (QED) is 0.673. The van der Waals surface area contributed by atoms with Crippen LogP contribution >= 0.6 is 0 Å². The zero-order chi connectivity index (χ0) is 9.97. The molecule has 0 amide bonds. The average molecular weight is 193 g/mol. The van der Waals surface area contributed by atoms with Crippen LogP contribution in [0.5, 0.6) is 0 Å². The predicted molar refractivity (Wildman–Crippen MR) is 53.3 cm³/mol. The summed E-state index contributed by atoms with van der Waals surface area (Å²) in [5.41, 5.74) is 1.90. The van der Waals surface area contributed by atoms with Crippen molar-refractivity contribution in [3.8, 4) is 0 Å². The molecule has 0 radical (unpaired) electrons. The standard InChI is InChI=1S/C11H15NO2/c1-2-14-11(13)9-6-8-12-7-4-3-5-10(9)12/h6,8H,2-5,7H2,1H3. The Kier molecular flexibility index (Phi) is 2.57. The Labute approximate surface area is 83.7 Å². The van der Waals surface area contributed by atoms with Crippen LogP contribution in [0.3, 0.4) is 0 Å². The normalized spacial score (nSPS) is 14.9. The van der Waals surface area contributed by atoms with Crippen molar-refractivity contribution in [2.24, 2.45) is 0 Å². The number of fused-ring (bicyclic) bond motifs is 1. The molecule has 76 valence electrons. The molecule has 0 fully saturated rings. The predicted octanol–water partition coefficient (Wildman–Crippen LogP) is 2.00. The lowest BCUT2D eigenvalue weighted by atomic mass is 10.1. The summed E-state index contributed by atoms with van der Waals surface area (Å²) in [6, 6.07) is 1.87. The third-order valence-electron chi connectivity index (χ3n) is 2.64. The summed E-state index contributed by atoms with van der Waals surface area (Å²) in [7, 11) is 0. The van der Waals surface area contributed by atoms with Crippen molar-refractivity contribution in [1.82, 2.24) is 4.57 Å². The first-order chi connectivity index (χ1) is 6.83. The number of carbonyl (C=O) groups excluding carboxylic acids is 1. The summed E-state index contributed by atoms with van der Waals surface area (Å²) in [6.45, 7) is 3.32. The average Bonchev–Trinajstić information content (AvgIpc) is 2.61. The second-order valence-electron chi connectivity index (χ2n) is 3.55. The van der Waals surface area contributed by atoms with Gasteiger partial charge in [0.2, 0.25) is 0 Å². The van der Waals surface area contributed by atoms with Crippen molar-refractivity contribution >= 4 is 5.97 Å². The SMILES string of the molecule is CCOC(=O)c1ccn2c1CCCC2. The Morgan fingerprint density at radius 1 is 1.57 bits per heavy atom. The van der Waals surface area contributed by atoms with E-state index in [4.69, 9.17) is 4.74 Å². The van der Waals surface area contributed by atoms with Crippen molar-refractivity contribution in [1.29, 1.82) is 0 Å². The van der Waals surface area contributed by atoms with Gasteiger partial charge in [0.25, 0.3) is 0 Å². The Hall–Kier alpha value is -1.25. The van der Waals surface area contributed by atoms with Crippen molar-refractivity contribution in [2.45, 2.75) is 32.7 Å². The van der Waals surface area contributed by atoms with Crippen LogP contribution in [-0.4, -0.2) is 17.1 Å². The molecule has 0 unspecified atom stereocenters. The smallest absolute Gasteiger partial charge is 0.339 e. The lowest BCUT2D eigenvalue weighted by molar-refractivity contribution is 0.0524. The molecule has 14 heavy (non-hydrogen) atoms. The highest BCUT2D eigenvalue weighted by molar-refractivity contribution is 5.90. The van der Waals surface area contributed by atoms with Gasteiger partial charge in [-0.2, -0.15) is 0 Å². The summed E-state index contributed by atoms with van der Waals surface area (Å²) in [5.74, 6) is -0.178. The Morgan fingerprint density at radius 2 is 2.43 bits per heavy atom. The lowest BCUT2D eigenvalue weighted by Crippen LogP contribution is -2.13. The van der Waals surface area contributed by atoms with Gasteiger partial charge in [-0.3, -0.25) is 0 Å². The van der Waals surface area contributed by atoms with Gasteiger partial charge in [0.05, 0.1) is 12.2 Å². The highest BCUT2D eigenvalue weighted by Gasteiger charge is 2.18. The van der Waals surface area contributed by atoms with Gasteiger partial charge in [-0.25, -0.2) is 4.79 Å². The van der Waals surface area contributed by atoms with E-state index in [0.29, 0.717) is 6.61 Å². The fourth-order valence-electron chi connectivity index (χ4n) is 1.96. The summed E-state index contributed by atoms with van der Waals surface area (Å²) in [5, 5.41) is 0. The maximum Gasteiger partial charge on any atom is 0.339 e. The third kappa shape index (κ3) is 1.54. The zero-order valence-electron chi connectivity index (χ0n) is 8.45. The molecular formula is C11H15NO2. The molecule has 0 bridgehead atoms. The minimum Gasteiger partial charge on any atom is -0.462 e. The molecule has 0 spiro atoms. The highest BCUT2D eigenvalue weighted by Crippen LogP contribution is 2.20. The zero-order valence-corrected chi connectivity index (χ0v) is 8.45. The van der Waals surface area contributed by atoms with Gasteiger partial charge in [-0.1, -0.05) is 0 Å². The van der Waals surface area contributed by atoms with Crippen LogP contribution in [-0.2, 0) is 17.7 Å². The molecule has 3 heteroatoms. The number of carbonyl (C=O) groups is 1. The van der Waals surface area contributed by atoms with E-state index < -0.39 is 0 Å². The van der Waals surface area contributed by atoms with E-state index in [-0.39, 0.29) is 5.97 Å². The summed E-state index contributed by atoms with van der Waals surface area (Å²) in [4.78, 5) is 11.5. The number of nitrogens with zero attached hydrogens (tertiary/aromatic N) is 1. The first kappa shape index (κ1) is 9.31. The van der Waals surface area contributed by atoms with E-state index in [1.807, 2.05) is 19.2 Å². The van der Waals surface area contributed by atoms with Crippen LogP contribution in [0, 0.1) is 0 Å². The first-order valence-corrected chi connectivity index (χ1v) is 5.18. The number of aromatic nitrogens is 1. The molecule has 2 rings (SSSR count). The van der Waals surface area contributed by atoms with Gasteiger partial charge in [0.15, 0.2) is 0 Å². The van der Waals surface area contributed by atoms with Gasteiger partial charge < -0.3 is 9.30 Å². The Bertz CT molecular complexity index is 341. The van der Waals surface area contributed by atoms with Gasteiger partial charge in [-0.15, -0.1) is 0 Å². The number of hydrogen-bond acceptors (Lipinski definition) is 2. The first-order valence-electron chi connectivity index (χ1n) is 5.18. The summed E-state index contributed by atoms with van der Waals surface area (Å²) >= 11 is 0. The fraction of sp³-hybridized carbons (Fsp3) is 0.545. The molecule has 0 saturated carbocycles. The maximum atomic E-state index is 11.5. The molecule has 1 aromatic heterocycles. The number of ether oxygens (including phenoxy) is 1. The van der Waals surface area contributed by atoms with E-state index in [9.17, 15) is 4.79 Å². The number of aryl methyl sites for hydroxylation is 1. The molecule has 1 aromatic rings. The molecule has 2 heterocycles. The van der Waals surface area contributed by atoms with E-state index in [1.54, 1.807) is 0 Å². The summed E-state index contributed by atoms with van der Waals surface area (Å²) < 4.78 is 7.16. The molecular weight excluding hydrogens is 178 g/mol. The topological polar surface area (TPSA) is 31.2 Å². The van der Waals surface area contributed by atoms with Crippen LogP contribution < -0.4 is 0 Å². The molecule has 0 atom stereocenters. The van der Waals surface area contributed by atoms with E-state index in [0.717, 1.165) is 24.2 Å². The van der Waals surface area contributed by atoms with Crippen molar-refractivity contribution in [3.63, 3.8) is 0 Å². The molecule has 3 nitrogen and oxygen atoms in total. The number of rotatable bonds is 2. The lowest BCUT2D eigenvalue weighted by Gasteiger charge is -2.15. The molecule has 0 aromatic carbocycles. The third-order valence-corrected chi connectivity index (χ3v) is 2.64. The van der Waals surface area contributed by atoms with Crippen LogP contribution in [0.4, 0.5) is 0 Å². The van der Waals surface area contributed by atoms with Crippen LogP contribution in [0.1, 0.15) is 35.8 Å². The van der Waals surface area contributed by atoms with Gasteiger partial charge in [0, 0.05) is 18.4 Å². The van der Waals surface area contributed by atoms with E-state index in [2.05, 4.69) is 4.57 Å². The van der Waals surface area contributed by atoms with E-state index in [1.165, 1.54) is 12.8 Å². The van der Waals surface area contributed by atoms with Crippen LogP contribution in [0.2, 0.25) is 0 Å². The maximum absolute atomic E-state index is 11.5. The van der Waals surface area contributed by atoms with Crippen molar-refractivity contribution < 1.29 is 9.53 Å². The largest absolute Gasteiger partial charge is 0.462 e. The van der Waals surface area contributed by atoms with Crippen LogP contribution in [0.25, 0.3) is 0 Å². The molecule has 0 saturated heterocycles. The highest BCUT2D eigenvalue weighted by atomic mass is 16.5. The Balaban J connectivity index is 2.25. The van der Waals surface area contributed by atoms with Gasteiger partial charge >= 0.3 is 5.97 Å². The number of hydrogen-bond donors (Lipinski definition) is 0. The molecule has 0 N–H and O–H groups in total. The second-order valence-corrected chi connectivity index (χ2v) is 3.55. The molecule has 0 aliphatic carbocycles. The number of esters is 1. The van der Waals surface area contributed by atoms with Crippen molar-refractivity contribution in [3.05, 3.63) is 23.5 Å².